The quantitative estimate of drug-likeness (QED) is 0.0587. The maximum Gasteiger partial charge on any atom is 0.155 e. The van der Waals surface area contributed by atoms with Crippen LogP contribution in [0, 0.1) is 18.2 Å². The topological polar surface area (TPSA) is 229 Å². The van der Waals surface area contributed by atoms with Crippen LogP contribution in [0.2, 0.25) is 0 Å². The number of hydrogen-bond acceptors (Lipinski definition) is 15. The molecule has 18 rings (SSSR count). The summed E-state index contributed by atoms with van der Waals surface area (Å²) in [5.41, 5.74) is 22.4. The van der Waals surface area contributed by atoms with Crippen molar-refractivity contribution in [3.8, 4) is 67.7 Å². The minimum absolute atomic E-state index is 0. The smallest absolute Gasteiger partial charge is 0.155 e. The standard InChI is InChI=1S/C33H30NO2.C31H26NO2.C28H20NO2.3C5H8O2.3Ir/c1-32(2,3)22-14-20(15-23(18-22)33(4,5)6)29-17-21-16-27(34-19-30(21)35-29)26-12-9-11-25-24-10-7-8-13-28(24)36-31(25)26;1-18(2)21-10-7-11-22(19(3)4)30(21)28-16-20-15-26(32-17-29(20)33-28)25-13-8-12-24-23-9-5-6-14-27(23)34-31(24)25;1-17(2)18-10-12-19(13-11-18)26-15-20-14-24(29-16-27(20)30-26)23-8-5-7-22-21-6-3-4-9-25(21)31-28(22)23;3*1-4(6)3-5(2)7;;;/h7-11,13-19H,1-6H3;5-12,14-19H,1-4H3;3-7,9-17H,1-2H3;3*3,6H,1-2H3;;;/q3*-1;;;;;;. The van der Waals surface area contributed by atoms with Crippen molar-refractivity contribution in [1.29, 1.82) is 0 Å². The van der Waals surface area contributed by atoms with Gasteiger partial charge in [-0.05, 0) is 164 Å². The molecule has 125 heavy (non-hydrogen) atoms. The Hall–Kier alpha value is -12.0. The molecule has 0 fully saturated rings. The second-order valence-corrected chi connectivity index (χ2v) is 33.6. The van der Waals surface area contributed by atoms with Crippen LogP contribution in [0.4, 0.5) is 0 Å². The van der Waals surface area contributed by atoms with Crippen molar-refractivity contribution in [2.45, 2.75) is 153 Å². The number of aliphatic hydroxyl groups excluding tert-OH is 3. The first kappa shape index (κ1) is 95.3. The van der Waals surface area contributed by atoms with Crippen LogP contribution < -0.4 is 0 Å². The van der Waals surface area contributed by atoms with Gasteiger partial charge in [0.15, 0.2) is 34.1 Å². The van der Waals surface area contributed by atoms with Crippen LogP contribution in [-0.2, 0) is 85.5 Å². The molecule has 0 saturated heterocycles. The second kappa shape index (κ2) is 40.8. The molecule has 3 radical (unpaired) electrons. The summed E-state index contributed by atoms with van der Waals surface area (Å²) in [7, 11) is 0. The molecule has 3 N–H and O–H groups in total. The van der Waals surface area contributed by atoms with E-state index in [1.54, 1.807) is 6.20 Å². The Morgan fingerprint density at radius 1 is 0.344 bits per heavy atom. The Labute approximate surface area is 768 Å². The summed E-state index contributed by atoms with van der Waals surface area (Å²) < 4.78 is 37.4. The fourth-order valence-electron chi connectivity index (χ4n) is 14.7. The fourth-order valence-corrected chi connectivity index (χ4v) is 14.7. The number of para-hydroxylation sites is 3. The number of allylic oxidation sites excluding steroid dienone is 6. The van der Waals surface area contributed by atoms with E-state index in [1.165, 1.54) is 93.2 Å². The van der Waals surface area contributed by atoms with Gasteiger partial charge in [-0.1, -0.05) is 237 Å². The second-order valence-electron chi connectivity index (χ2n) is 33.6. The van der Waals surface area contributed by atoms with Gasteiger partial charge in [0.1, 0.15) is 34.0 Å². The van der Waals surface area contributed by atoms with Crippen LogP contribution in [0.25, 0.3) is 166 Å². The number of benzene rings is 9. The van der Waals surface area contributed by atoms with Crippen molar-refractivity contribution < 1.29 is 117 Å². The van der Waals surface area contributed by atoms with E-state index in [9.17, 15) is 14.4 Å². The fraction of sp³-hybridized carbons (Fsp3) is 0.215. The zero-order chi connectivity index (χ0) is 87.2. The molecule has 18 aromatic rings. The predicted molar refractivity (Wildman–Crippen MR) is 494 cm³/mol. The molecule has 15 nitrogen and oxygen atoms in total. The minimum atomic E-state index is -0.125. The molecule has 0 bridgehead atoms. The summed E-state index contributed by atoms with van der Waals surface area (Å²) in [4.78, 5) is 44.2. The molecule has 0 spiro atoms. The normalized spacial score (nSPS) is 11.8. The molecule has 0 saturated carbocycles. The van der Waals surface area contributed by atoms with Gasteiger partial charge < -0.3 is 56.8 Å². The van der Waals surface area contributed by atoms with Crippen molar-refractivity contribution in [3.05, 3.63) is 306 Å². The van der Waals surface area contributed by atoms with E-state index in [2.05, 4.69) is 222 Å². The van der Waals surface area contributed by atoms with E-state index < -0.39 is 0 Å². The Morgan fingerprint density at radius 2 is 0.664 bits per heavy atom. The van der Waals surface area contributed by atoms with Crippen LogP contribution >= 0.6 is 0 Å². The third kappa shape index (κ3) is 22.4. The van der Waals surface area contributed by atoms with Gasteiger partial charge in [0.2, 0.25) is 0 Å². The maximum atomic E-state index is 10.0. The number of carbonyl (C=O) groups is 3. The Balaban J connectivity index is 0.000000174. The number of hydrogen-bond donors (Lipinski definition) is 3. The van der Waals surface area contributed by atoms with Crippen LogP contribution in [0.15, 0.2) is 287 Å². The maximum absolute atomic E-state index is 10.0. The first-order chi connectivity index (χ1) is 58.1. The molecule has 0 atom stereocenters. The van der Waals surface area contributed by atoms with E-state index in [-0.39, 0.29) is 106 Å². The van der Waals surface area contributed by atoms with Crippen molar-refractivity contribution >= 4 is 116 Å². The summed E-state index contributed by atoms with van der Waals surface area (Å²) in [5, 5.41) is 34.7. The first-order valence-electron chi connectivity index (χ1n) is 40.8. The molecule has 0 unspecified atom stereocenters. The van der Waals surface area contributed by atoms with Crippen molar-refractivity contribution in [2.75, 3.05) is 0 Å². The molecular formula is C107H100Ir3N3O12-3. The van der Waals surface area contributed by atoms with E-state index in [1.807, 2.05) is 103 Å². The predicted octanol–water partition coefficient (Wildman–Crippen LogP) is 29.7. The molecule has 0 aliphatic heterocycles. The monoisotopic (exact) mass is 2200 g/mol. The van der Waals surface area contributed by atoms with E-state index >= 15 is 0 Å². The van der Waals surface area contributed by atoms with E-state index in [0.29, 0.717) is 17.8 Å². The molecule has 0 aliphatic carbocycles. The van der Waals surface area contributed by atoms with Gasteiger partial charge in [0.25, 0.3) is 0 Å². The molecule has 9 heterocycles. The largest absolute Gasteiger partial charge is 0.512 e. The van der Waals surface area contributed by atoms with Gasteiger partial charge >= 0.3 is 0 Å². The summed E-state index contributed by atoms with van der Waals surface area (Å²) in [6, 6.07) is 80.8. The summed E-state index contributed by atoms with van der Waals surface area (Å²) in [6.07, 6.45) is 8.91. The van der Waals surface area contributed by atoms with E-state index in [4.69, 9.17) is 51.8 Å². The van der Waals surface area contributed by atoms with Crippen LogP contribution in [0.1, 0.15) is 170 Å². The minimum Gasteiger partial charge on any atom is -0.512 e. The number of nitrogens with zero attached hydrogens (tertiary/aromatic N) is 3. The summed E-state index contributed by atoms with van der Waals surface area (Å²) in [6.45, 7) is 35.4. The number of aliphatic hydroxyl groups is 3. The average molecular weight is 2200 g/mol. The number of rotatable bonds is 12. The van der Waals surface area contributed by atoms with Crippen LogP contribution in [-0.4, -0.2) is 47.6 Å². The molecule has 9 aromatic carbocycles. The number of pyridine rings is 3. The van der Waals surface area contributed by atoms with Gasteiger partial charge in [-0.3, -0.25) is 14.4 Å². The molecule has 9 aromatic heterocycles. The third-order valence-corrected chi connectivity index (χ3v) is 20.7. The third-order valence-electron chi connectivity index (χ3n) is 20.7. The number of fused-ring (bicyclic) bond motifs is 12. The summed E-state index contributed by atoms with van der Waals surface area (Å²) >= 11 is 0. The first-order valence-corrected chi connectivity index (χ1v) is 40.8. The van der Waals surface area contributed by atoms with E-state index in [0.717, 1.165) is 161 Å². The van der Waals surface area contributed by atoms with Gasteiger partial charge in [0, 0.05) is 128 Å². The molecule has 18 heteroatoms. The van der Waals surface area contributed by atoms with Gasteiger partial charge in [-0.15, -0.1) is 54.6 Å². The van der Waals surface area contributed by atoms with Crippen LogP contribution in [0.5, 0.6) is 0 Å². The van der Waals surface area contributed by atoms with Crippen molar-refractivity contribution in [2.24, 2.45) is 0 Å². The van der Waals surface area contributed by atoms with Crippen LogP contribution in [0.3, 0.4) is 0 Å². The number of carbonyl (C=O) groups excluding carboxylic acids is 3. The Morgan fingerprint density at radius 3 is 0.968 bits per heavy atom. The van der Waals surface area contributed by atoms with Crippen molar-refractivity contribution in [1.82, 2.24) is 15.0 Å². The molecule has 645 valence electrons. The Bertz CT molecular complexity index is 6890. The molecular weight excluding hydrogens is 2100 g/mol. The number of aromatic nitrogens is 3. The number of furan rings is 6. The Kier molecular flexibility index (Phi) is 31.1. The molecule has 0 amide bonds. The zero-order valence-electron chi connectivity index (χ0n) is 73.2. The van der Waals surface area contributed by atoms with Gasteiger partial charge in [-0.2, -0.15) is 0 Å². The average Bonchev–Trinajstić information content (AvgIpc) is 1.65. The van der Waals surface area contributed by atoms with Gasteiger partial charge in [0.05, 0.1) is 52.6 Å². The zero-order valence-corrected chi connectivity index (χ0v) is 80.4. The van der Waals surface area contributed by atoms with Gasteiger partial charge in [-0.25, -0.2) is 0 Å². The number of ketones is 3. The SMILES string of the molecule is CC(=O)C=C(C)O.CC(=O)C=C(C)O.CC(=O)C=C(C)O.CC(C)(C)c1cc(-c2cc3cc(-c4[c-]ccc5c4oc4ccccc45)ncc3o2)cc(C(C)(C)C)c1.CC(C)c1ccc(-c2cc3cc(-c4[c-]ccc5c4oc4ccccc45)ncc3o2)cc1.CC(C)c1cccc(C(C)C)c1-c1cc2cc(-c3[c-]ccc4c3oc3ccccc34)ncc2o1.[Ir].[Ir].[Ir]. The van der Waals surface area contributed by atoms with Crippen molar-refractivity contribution in [3.63, 3.8) is 0 Å². The molecule has 0 aliphatic rings. The summed E-state index contributed by atoms with van der Waals surface area (Å²) in [5.74, 6) is 3.71.